The summed E-state index contributed by atoms with van der Waals surface area (Å²) in [7, 11) is 0. The quantitative estimate of drug-likeness (QED) is 0.486. The number of esters is 1. The molecular weight excluding hydrogens is 390 g/mol. The third kappa shape index (κ3) is 6.97. The van der Waals surface area contributed by atoms with E-state index in [4.69, 9.17) is 4.74 Å². The summed E-state index contributed by atoms with van der Waals surface area (Å²) in [6.45, 7) is 5.72. The largest absolute Gasteiger partial charge is 0.459 e. The molecule has 0 unspecified atom stereocenters. The van der Waals surface area contributed by atoms with Gasteiger partial charge in [-0.2, -0.15) is 0 Å². The van der Waals surface area contributed by atoms with Gasteiger partial charge in [-0.05, 0) is 44.5 Å². The van der Waals surface area contributed by atoms with Gasteiger partial charge >= 0.3 is 5.97 Å². The first kappa shape index (κ1) is 20.7. The van der Waals surface area contributed by atoms with Crippen molar-refractivity contribution in [2.75, 3.05) is 16.8 Å². The maximum absolute atomic E-state index is 12.1. The Morgan fingerprint density at radius 3 is 2.42 bits per heavy atom. The van der Waals surface area contributed by atoms with Gasteiger partial charge in [0.1, 0.15) is 0 Å². The second kappa shape index (κ2) is 10.5. The molecule has 1 aromatic heterocycles. The van der Waals surface area contributed by atoms with E-state index in [1.165, 1.54) is 23.1 Å². The number of rotatable bonds is 9. The highest BCUT2D eigenvalue weighted by atomic mass is 32.2. The third-order valence-electron chi connectivity index (χ3n) is 2.89. The van der Waals surface area contributed by atoms with E-state index in [1.54, 1.807) is 49.9 Å². The Labute approximate surface area is 165 Å². The molecule has 1 amide bonds. The number of anilines is 1. The molecule has 6 nitrogen and oxygen atoms in total. The molecule has 0 saturated heterocycles. The van der Waals surface area contributed by atoms with Gasteiger partial charge in [0.15, 0.2) is 8.68 Å². The Kier molecular flexibility index (Phi) is 8.40. The van der Waals surface area contributed by atoms with E-state index in [1.807, 2.05) is 0 Å². The van der Waals surface area contributed by atoms with Gasteiger partial charge in [0.2, 0.25) is 5.91 Å². The summed E-state index contributed by atoms with van der Waals surface area (Å²) >= 11 is 4.54. The van der Waals surface area contributed by atoms with Gasteiger partial charge < -0.3 is 10.1 Å². The van der Waals surface area contributed by atoms with E-state index in [0.717, 1.165) is 20.9 Å². The van der Waals surface area contributed by atoms with Crippen molar-refractivity contribution in [1.82, 2.24) is 10.2 Å². The number of benzene rings is 1. The third-order valence-corrected chi connectivity index (χ3v) is 6.29. The van der Waals surface area contributed by atoms with Gasteiger partial charge in [0.25, 0.3) is 0 Å². The zero-order valence-corrected chi connectivity index (χ0v) is 17.3. The minimum Gasteiger partial charge on any atom is -0.459 e. The average Bonchev–Trinajstić information content (AvgIpc) is 3.06. The van der Waals surface area contributed by atoms with E-state index in [9.17, 15) is 9.59 Å². The van der Waals surface area contributed by atoms with Crippen molar-refractivity contribution in [2.24, 2.45) is 0 Å². The summed E-state index contributed by atoms with van der Waals surface area (Å²) in [6.07, 6.45) is 0.920. The highest BCUT2D eigenvalue weighted by Crippen LogP contribution is 2.29. The predicted molar refractivity (Wildman–Crippen MR) is 107 cm³/mol. The van der Waals surface area contributed by atoms with Crippen molar-refractivity contribution in [3.63, 3.8) is 0 Å². The summed E-state index contributed by atoms with van der Waals surface area (Å²) in [6, 6.07) is 6.64. The topological polar surface area (TPSA) is 81.2 Å². The summed E-state index contributed by atoms with van der Waals surface area (Å²) in [4.78, 5) is 23.8. The number of nitrogens with zero attached hydrogens (tertiary/aromatic N) is 2. The van der Waals surface area contributed by atoms with Crippen LogP contribution in [0.3, 0.4) is 0 Å². The molecule has 1 aromatic carbocycles. The summed E-state index contributed by atoms with van der Waals surface area (Å²) in [5.74, 6) is 0.761. The monoisotopic (exact) mass is 411 g/mol. The maximum atomic E-state index is 12.1. The van der Waals surface area contributed by atoms with Crippen LogP contribution >= 0.6 is 34.9 Å². The molecule has 1 heterocycles. The van der Waals surface area contributed by atoms with E-state index >= 15 is 0 Å². The highest BCUT2D eigenvalue weighted by Gasteiger charge is 2.11. The fraction of sp³-hybridized carbons (Fsp3) is 0.412. The number of hydrogen-bond donors (Lipinski definition) is 1. The Hall–Kier alpha value is -1.58. The lowest BCUT2D eigenvalue weighted by atomic mass is 10.2. The standard InChI is InChI=1S/C17H21N3O3S3/c1-4-9-24-16-19-20-17(26-16)25-10-14(21)18-13-7-5-12(6-8-13)15(22)23-11(2)3/h5-8,11H,4,9-10H2,1-3H3,(H,18,21). The fourth-order valence-corrected chi connectivity index (χ4v) is 4.54. The van der Waals surface area contributed by atoms with Crippen LogP contribution in [0.2, 0.25) is 0 Å². The molecule has 0 radical (unpaired) electrons. The van der Waals surface area contributed by atoms with Crippen LogP contribution in [-0.4, -0.2) is 39.7 Å². The van der Waals surface area contributed by atoms with Crippen molar-refractivity contribution < 1.29 is 14.3 Å². The lowest BCUT2D eigenvalue weighted by Crippen LogP contribution is -2.14. The molecule has 140 valence electrons. The lowest BCUT2D eigenvalue weighted by Gasteiger charge is -2.08. The van der Waals surface area contributed by atoms with E-state index < -0.39 is 0 Å². The number of ether oxygens (including phenoxy) is 1. The number of thioether (sulfide) groups is 2. The van der Waals surface area contributed by atoms with Crippen LogP contribution < -0.4 is 5.32 Å². The maximum Gasteiger partial charge on any atom is 0.338 e. The Bertz CT molecular complexity index is 732. The average molecular weight is 412 g/mol. The van der Waals surface area contributed by atoms with E-state index in [2.05, 4.69) is 22.4 Å². The van der Waals surface area contributed by atoms with Crippen molar-refractivity contribution >= 4 is 52.4 Å². The minimum absolute atomic E-state index is 0.134. The second-order valence-corrected chi connectivity index (χ2v) is 9.09. The van der Waals surface area contributed by atoms with Crippen molar-refractivity contribution in [3.8, 4) is 0 Å². The van der Waals surface area contributed by atoms with E-state index in [-0.39, 0.29) is 23.7 Å². The molecule has 0 fully saturated rings. The van der Waals surface area contributed by atoms with Crippen LogP contribution in [0.25, 0.3) is 0 Å². The summed E-state index contributed by atoms with van der Waals surface area (Å²) < 4.78 is 6.84. The van der Waals surface area contributed by atoms with Gasteiger partial charge in [0, 0.05) is 11.4 Å². The molecule has 0 aliphatic carbocycles. The first-order chi connectivity index (χ1) is 12.5. The number of carbonyl (C=O) groups is 2. The normalized spacial score (nSPS) is 10.8. The number of hydrogen-bond acceptors (Lipinski definition) is 8. The van der Waals surface area contributed by atoms with Crippen LogP contribution in [0.5, 0.6) is 0 Å². The Morgan fingerprint density at radius 1 is 1.15 bits per heavy atom. The smallest absolute Gasteiger partial charge is 0.338 e. The first-order valence-electron chi connectivity index (χ1n) is 8.18. The van der Waals surface area contributed by atoms with Crippen LogP contribution in [0.1, 0.15) is 37.6 Å². The van der Waals surface area contributed by atoms with Gasteiger partial charge in [-0.3, -0.25) is 4.79 Å². The number of amides is 1. The van der Waals surface area contributed by atoms with Crippen LogP contribution in [0.4, 0.5) is 5.69 Å². The van der Waals surface area contributed by atoms with Crippen molar-refractivity contribution in [3.05, 3.63) is 29.8 Å². The Balaban J connectivity index is 1.80. The molecule has 0 saturated carbocycles. The molecule has 2 aromatic rings. The summed E-state index contributed by atoms with van der Waals surface area (Å²) in [5, 5.41) is 11.0. The molecule has 0 atom stereocenters. The van der Waals surface area contributed by atoms with Gasteiger partial charge in [0.05, 0.1) is 17.4 Å². The van der Waals surface area contributed by atoms with Gasteiger partial charge in [-0.1, -0.05) is 41.8 Å². The number of nitrogens with one attached hydrogen (secondary N) is 1. The molecule has 0 aliphatic heterocycles. The first-order valence-corrected chi connectivity index (χ1v) is 11.0. The van der Waals surface area contributed by atoms with Gasteiger partial charge in [-0.15, -0.1) is 10.2 Å². The SMILES string of the molecule is CCCSc1nnc(SCC(=O)Nc2ccc(C(=O)OC(C)C)cc2)s1. The van der Waals surface area contributed by atoms with Crippen molar-refractivity contribution in [2.45, 2.75) is 42.0 Å². The predicted octanol–water partition coefficient (Wildman–Crippen LogP) is 4.34. The second-order valence-electron chi connectivity index (χ2n) is 5.55. The van der Waals surface area contributed by atoms with Crippen molar-refractivity contribution in [1.29, 1.82) is 0 Å². The molecule has 26 heavy (non-hydrogen) atoms. The molecule has 2 rings (SSSR count). The Morgan fingerprint density at radius 2 is 1.81 bits per heavy atom. The molecule has 9 heteroatoms. The number of aromatic nitrogens is 2. The van der Waals surface area contributed by atoms with Gasteiger partial charge in [-0.25, -0.2) is 4.79 Å². The van der Waals surface area contributed by atoms with Crippen LogP contribution in [-0.2, 0) is 9.53 Å². The van der Waals surface area contributed by atoms with Crippen LogP contribution in [0.15, 0.2) is 32.9 Å². The minimum atomic E-state index is -0.374. The molecule has 0 aliphatic rings. The molecule has 0 bridgehead atoms. The summed E-state index contributed by atoms with van der Waals surface area (Å²) in [5.41, 5.74) is 1.09. The molecule has 0 spiro atoms. The molecular formula is C17H21N3O3S3. The number of carbonyl (C=O) groups excluding carboxylic acids is 2. The zero-order chi connectivity index (χ0) is 18.9. The van der Waals surface area contributed by atoms with Crippen LogP contribution in [0, 0.1) is 0 Å². The van der Waals surface area contributed by atoms with E-state index in [0.29, 0.717) is 11.3 Å². The zero-order valence-electron chi connectivity index (χ0n) is 14.9. The lowest BCUT2D eigenvalue weighted by molar-refractivity contribution is -0.113. The highest BCUT2D eigenvalue weighted by molar-refractivity contribution is 8.03. The fourth-order valence-electron chi connectivity index (χ4n) is 1.80. The molecule has 1 N–H and O–H groups in total.